The van der Waals surface area contributed by atoms with Crippen molar-refractivity contribution in [1.29, 1.82) is 0 Å². The van der Waals surface area contributed by atoms with Gasteiger partial charge in [0.2, 0.25) is 0 Å². The highest BCUT2D eigenvalue weighted by atomic mass is 16.5. The molecule has 0 amide bonds. The van der Waals surface area contributed by atoms with Crippen LogP contribution in [-0.2, 0) is 6.42 Å². The number of hydrogen-bond acceptors (Lipinski definition) is 2. The Hall–Kier alpha value is -1.02. The van der Waals surface area contributed by atoms with Crippen molar-refractivity contribution in [2.24, 2.45) is 5.73 Å². The second-order valence-electron chi connectivity index (χ2n) is 4.12. The van der Waals surface area contributed by atoms with Crippen LogP contribution < -0.4 is 10.5 Å². The maximum absolute atomic E-state index is 5.49. The van der Waals surface area contributed by atoms with E-state index in [1.807, 2.05) is 0 Å². The average Bonchev–Trinajstić information content (AvgIpc) is 2.25. The Kier molecular flexibility index (Phi) is 4.63. The van der Waals surface area contributed by atoms with Crippen molar-refractivity contribution >= 4 is 0 Å². The molecule has 2 heteroatoms. The standard InChI is InChI=1S/C13H21NO/c1-10(2)12-7-6-11(5-4-8-14)9-13(12)15-3/h6-7,9-10H,4-5,8,14H2,1-3H3. The molecule has 15 heavy (non-hydrogen) atoms. The summed E-state index contributed by atoms with van der Waals surface area (Å²) in [5.41, 5.74) is 8.07. The molecule has 1 rings (SSSR count). The van der Waals surface area contributed by atoms with E-state index >= 15 is 0 Å². The molecule has 0 aliphatic carbocycles. The van der Waals surface area contributed by atoms with Gasteiger partial charge in [0.25, 0.3) is 0 Å². The van der Waals surface area contributed by atoms with E-state index in [4.69, 9.17) is 10.5 Å². The summed E-state index contributed by atoms with van der Waals surface area (Å²) in [6.45, 7) is 5.10. The van der Waals surface area contributed by atoms with Gasteiger partial charge in [0, 0.05) is 0 Å². The Balaban J connectivity index is 2.87. The van der Waals surface area contributed by atoms with E-state index < -0.39 is 0 Å². The minimum Gasteiger partial charge on any atom is -0.496 e. The van der Waals surface area contributed by atoms with E-state index in [1.54, 1.807) is 7.11 Å². The first kappa shape index (κ1) is 12.1. The van der Waals surface area contributed by atoms with Gasteiger partial charge in [0.15, 0.2) is 0 Å². The summed E-state index contributed by atoms with van der Waals surface area (Å²) in [6, 6.07) is 6.47. The van der Waals surface area contributed by atoms with E-state index in [-0.39, 0.29) is 0 Å². The van der Waals surface area contributed by atoms with Crippen LogP contribution in [0.15, 0.2) is 18.2 Å². The minimum absolute atomic E-state index is 0.503. The number of nitrogens with two attached hydrogens (primary N) is 1. The summed E-state index contributed by atoms with van der Waals surface area (Å²) in [5, 5.41) is 0. The number of methoxy groups -OCH3 is 1. The highest BCUT2D eigenvalue weighted by molar-refractivity contribution is 5.39. The highest BCUT2D eigenvalue weighted by Crippen LogP contribution is 2.27. The molecule has 1 aromatic rings. The number of ether oxygens (including phenoxy) is 1. The smallest absolute Gasteiger partial charge is 0.122 e. The fourth-order valence-corrected chi connectivity index (χ4v) is 1.69. The Morgan fingerprint density at radius 1 is 1.33 bits per heavy atom. The predicted octanol–water partition coefficient (Wildman–Crippen LogP) is 2.71. The van der Waals surface area contributed by atoms with Crippen LogP contribution in [0.1, 0.15) is 37.3 Å². The molecule has 0 saturated heterocycles. The lowest BCUT2D eigenvalue weighted by Crippen LogP contribution is -2.01. The molecule has 0 fully saturated rings. The SMILES string of the molecule is COc1cc(CCCN)ccc1C(C)C. The summed E-state index contributed by atoms with van der Waals surface area (Å²) in [5.74, 6) is 1.50. The second kappa shape index (κ2) is 5.76. The molecule has 0 radical (unpaired) electrons. The Morgan fingerprint density at radius 3 is 2.60 bits per heavy atom. The molecule has 0 spiro atoms. The van der Waals surface area contributed by atoms with Crippen LogP contribution in [-0.4, -0.2) is 13.7 Å². The van der Waals surface area contributed by atoms with Gasteiger partial charge in [-0.1, -0.05) is 26.0 Å². The molecule has 0 heterocycles. The summed E-state index contributed by atoms with van der Waals surface area (Å²) >= 11 is 0. The molecule has 2 N–H and O–H groups in total. The molecule has 0 aromatic heterocycles. The number of rotatable bonds is 5. The van der Waals surface area contributed by atoms with E-state index in [0.717, 1.165) is 25.1 Å². The maximum Gasteiger partial charge on any atom is 0.122 e. The number of aryl methyl sites for hydroxylation is 1. The average molecular weight is 207 g/mol. The topological polar surface area (TPSA) is 35.2 Å². The van der Waals surface area contributed by atoms with E-state index in [1.165, 1.54) is 11.1 Å². The van der Waals surface area contributed by atoms with Crippen LogP contribution in [0.2, 0.25) is 0 Å². The number of hydrogen-bond donors (Lipinski definition) is 1. The van der Waals surface area contributed by atoms with Gasteiger partial charge >= 0.3 is 0 Å². The van der Waals surface area contributed by atoms with Crippen LogP contribution in [0.3, 0.4) is 0 Å². The fraction of sp³-hybridized carbons (Fsp3) is 0.538. The minimum atomic E-state index is 0.503. The summed E-state index contributed by atoms with van der Waals surface area (Å²) in [7, 11) is 1.73. The molecule has 0 bridgehead atoms. The molecule has 1 aromatic carbocycles. The van der Waals surface area contributed by atoms with Gasteiger partial charge in [-0.2, -0.15) is 0 Å². The van der Waals surface area contributed by atoms with Crippen molar-refractivity contribution in [3.8, 4) is 5.75 Å². The van der Waals surface area contributed by atoms with Crippen LogP contribution in [0.4, 0.5) is 0 Å². The van der Waals surface area contributed by atoms with Crippen LogP contribution >= 0.6 is 0 Å². The molecule has 2 nitrogen and oxygen atoms in total. The Bertz CT molecular complexity index is 307. The normalized spacial score (nSPS) is 10.7. The molecule has 0 aliphatic heterocycles. The van der Waals surface area contributed by atoms with Crippen LogP contribution in [0.5, 0.6) is 5.75 Å². The molecule has 84 valence electrons. The summed E-state index contributed by atoms with van der Waals surface area (Å²) in [6.07, 6.45) is 2.06. The zero-order valence-electron chi connectivity index (χ0n) is 9.92. The third-order valence-electron chi connectivity index (χ3n) is 2.59. The predicted molar refractivity (Wildman–Crippen MR) is 64.5 cm³/mol. The Labute approximate surface area is 92.4 Å². The molecule has 0 aliphatic rings. The van der Waals surface area contributed by atoms with Gasteiger partial charge in [-0.15, -0.1) is 0 Å². The van der Waals surface area contributed by atoms with Crippen molar-refractivity contribution in [3.05, 3.63) is 29.3 Å². The first-order valence-electron chi connectivity index (χ1n) is 5.56. The van der Waals surface area contributed by atoms with Gasteiger partial charge in [0.05, 0.1) is 7.11 Å². The Morgan fingerprint density at radius 2 is 2.07 bits per heavy atom. The quantitative estimate of drug-likeness (QED) is 0.805. The van der Waals surface area contributed by atoms with Gasteiger partial charge in [-0.05, 0) is 42.5 Å². The van der Waals surface area contributed by atoms with Crippen LogP contribution in [0, 0.1) is 0 Å². The molecule has 0 atom stereocenters. The van der Waals surface area contributed by atoms with Crippen molar-refractivity contribution in [1.82, 2.24) is 0 Å². The van der Waals surface area contributed by atoms with Crippen molar-refractivity contribution in [2.75, 3.05) is 13.7 Å². The largest absolute Gasteiger partial charge is 0.496 e. The van der Waals surface area contributed by atoms with E-state index in [9.17, 15) is 0 Å². The molecule has 0 unspecified atom stereocenters. The van der Waals surface area contributed by atoms with Crippen LogP contribution in [0.25, 0.3) is 0 Å². The zero-order chi connectivity index (χ0) is 11.3. The summed E-state index contributed by atoms with van der Waals surface area (Å²) < 4.78 is 5.40. The van der Waals surface area contributed by atoms with Crippen molar-refractivity contribution in [3.63, 3.8) is 0 Å². The lowest BCUT2D eigenvalue weighted by Gasteiger charge is -2.13. The van der Waals surface area contributed by atoms with Crippen molar-refractivity contribution < 1.29 is 4.74 Å². The lowest BCUT2D eigenvalue weighted by molar-refractivity contribution is 0.407. The van der Waals surface area contributed by atoms with Gasteiger partial charge < -0.3 is 10.5 Å². The van der Waals surface area contributed by atoms with E-state index in [0.29, 0.717) is 5.92 Å². The molecular formula is C13H21NO. The third-order valence-corrected chi connectivity index (χ3v) is 2.59. The molecular weight excluding hydrogens is 186 g/mol. The number of benzene rings is 1. The fourth-order valence-electron chi connectivity index (χ4n) is 1.69. The van der Waals surface area contributed by atoms with Gasteiger partial charge in [-0.3, -0.25) is 0 Å². The first-order valence-corrected chi connectivity index (χ1v) is 5.56. The zero-order valence-corrected chi connectivity index (χ0v) is 9.92. The first-order chi connectivity index (χ1) is 7.19. The third kappa shape index (κ3) is 3.24. The molecule has 0 saturated carbocycles. The maximum atomic E-state index is 5.49. The van der Waals surface area contributed by atoms with Crippen molar-refractivity contribution in [2.45, 2.75) is 32.6 Å². The van der Waals surface area contributed by atoms with E-state index in [2.05, 4.69) is 32.0 Å². The van der Waals surface area contributed by atoms with Gasteiger partial charge in [-0.25, -0.2) is 0 Å². The second-order valence-corrected chi connectivity index (χ2v) is 4.12. The van der Waals surface area contributed by atoms with Gasteiger partial charge in [0.1, 0.15) is 5.75 Å². The monoisotopic (exact) mass is 207 g/mol. The highest BCUT2D eigenvalue weighted by Gasteiger charge is 2.07. The lowest BCUT2D eigenvalue weighted by atomic mass is 9.99. The summed E-state index contributed by atoms with van der Waals surface area (Å²) in [4.78, 5) is 0.